The highest BCUT2D eigenvalue weighted by atomic mass is 35.5. The molecule has 0 atom stereocenters. The highest BCUT2D eigenvalue weighted by Gasteiger charge is 1.95. The van der Waals surface area contributed by atoms with E-state index < -0.39 is 0 Å². The van der Waals surface area contributed by atoms with Gasteiger partial charge in [-0.15, -0.1) is 11.6 Å². The van der Waals surface area contributed by atoms with Gasteiger partial charge < -0.3 is 33.5 Å². The second-order valence-corrected chi connectivity index (χ2v) is 6.51. The van der Waals surface area contributed by atoms with Crippen LogP contribution in [0.1, 0.15) is 17.8 Å². The molecule has 0 aliphatic rings. The fraction of sp³-hybridized carbons (Fsp3) is 0.480. The number of aromatic hydroxyl groups is 1. The van der Waals surface area contributed by atoms with Crippen molar-refractivity contribution < 1.29 is 38.3 Å². The topological polar surface area (TPSA) is 92.7 Å². The monoisotopic (exact) mass is 502 g/mol. The molecule has 2 aromatic rings. The van der Waals surface area contributed by atoms with Gasteiger partial charge in [0.2, 0.25) is 0 Å². The lowest BCUT2D eigenvalue weighted by Gasteiger charge is -2.07. The number of phenolic OH excluding ortho intramolecular Hbond substituents is 1. The third-order valence-electron chi connectivity index (χ3n) is 3.67. The van der Waals surface area contributed by atoms with Crippen LogP contribution in [0.5, 0.6) is 17.2 Å². The van der Waals surface area contributed by atoms with Crippen LogP contribution in [-0.2, 0) is 18.9 Å². The van der Waals surface area contributed by atoms with Gasteiger partial charge >= 0.3 is 0 Å². The summed E-state index contributed by atoms with van der Waals surface area (Å²) < 4.78 is 30.3. The van der Waals surface area contributed by atoms with E-state index >= 15 is 0 Å². The van der Waals surface area contributed by atoms with E-state index in [9.17, 15) is 4.79 Å². The zero-order chi connectivity index (χ0) is 24.6. The summed E-state index contributed by atoms with van der Waals surface area (Å²) in [7, 11) is 4.93. The van der Waals surface area contributed by atoms with Crippen molar-refractivity contribution in [1.29, 1.82) is 0 Å². The van der Waals surface area contributed by atoms with Crippen molar-refractivity contribution in [2.24, 2.45) is 0 Å². The third-order valence-corrected chi connectivity index (χ3v) is 3.82. The first-order chi connectivity index (χ1) is 16.1. The molecule has 2 aromatic carbocycles. The highest BCUT2D eigenvalue weighted by Crippen LogP contribution is 2.16. The lowest BCUT2D eigenvalue weighted by atomic mass is 10.2. The number of alkyl halides is 1. The Bertz CT molecular complexity index is 674. The van der Waals surface area contributed by atoms with E-state index in [1.54, 1.807) is 33.5 Å². The maximum Gasteiger partial charge on any atom is 0.150 e. The predicted molar refractivity (Wildman–Crippen MR) is 135 cm³/mol. The summed E-state index contributed by atoms with van der Waals surface area (Å²) in [5, 5.41) is 8.74. The molecule has 0 bridgehead atoms. The van der Waals surface area contributed by atoms with Crippen molar-refractivity contribution in [3.8, 4) is 17.2 Å². The van der Waals surface area contributed by atoms with Crippen LogP contribution in [0, 0.1) is 0 Å². The Balaban J connectivity index is 0. The minimum absolute atomic E-state index is 0. The van der Waals surface area contributed by atoms with Crippen molar-refractivity contribution in [2.75, 3.05) is 73.5 Å². The standard InChI is InChI=1S/C12H18O4.C7H6O2.C5H11ClO2.CH4/c1-13-7-8-15-9-10-16-12-5-3-11(14-2)4-6-12;8-5-6-1-3-7(9)4-2-6;1-7-4-5-8-3-2-6;/h3-6H,7-10H2,1-2H3;1-5,9H;2-5H2,1H3;1H4. The van der Waals surface area contributed by atoms with Crippen LogP contribution in [0.3, 0.4) is 0 Å². The summed E-state index contributed by atoms with van der Waals surface area (Å²) >= 11 is 5.31. The summed E-state index contributed by atoms with van der Waals surface area (Å²) in [4.78, 5) is 10.0. The number of methoxy groups -OCH3 is 3. The van der Waals surface area contributed by atoms with Gasteiger partial charge in [-0.25, -0.2) is 0 Å². The van der Waals surface area contributed by atoms with E-state index in [0.29, 0.717) is 57.7 Å². The Morgan fingerprint density at radius 1 is 0.735 bits per heavy atom. The molecule has 0 aromatic heterocycles. The van der Waals surface area contributed by atoms with Crippen LogP contribution >= 0.6 is 11.6 Å². The Labute approximate surface area is 208 Å². The van der Waals surface area contributed by atoms with Crippen molar-refractivity contribution in [1.82, 2.24) is 0 Å². The molecular formula is C25H39ClO8. The number of hydrogen-bond donors (Lipinski definition) is 1. The fourth-order valence-corrected chi connectivity index (χ4v) is 2.10. The summed E-state index contributed by atoms with van der Waals surface area (Å²) in [6.07, 6.45) is 0.736. The maximum atomic E-state index is 10.0. The lowest BCUT2D eigenvalue weighted by molar-refractivity contribution is 0.0544. The summed E-state index contributed by atoms with van der Waals surface area (Å²) in [5.74, 6) is 2.38. The highest BCUT2D eigenvalue weighted by molar-refractivity contribution is 6.17. The molecule has 0 saturated heterocycles. The normalized spacial score (nSPS) is 9.41. The van der Waals surface area contributed by atoms with Gasteiger partial charge in [0.05, 0.1) is 46.8 Å². The van der Waals surface area contributed by atoms with E-state index in [1.807, 2.05) is 24.3 Å². The first-order valence-corrected chi connectivity index (χ1v) is 10.8. The Hall–Kier alpha value is -2.36. The largest absolute Gasteiger partial charge is 0.508 e. The number of phenols is 1. The maximum absolute atomic E-state index is 10.0. The van der Waals surface area contributed by atoms with Crippen molar-refractivity contribution in [3.63, 3.8) is 0 Å². The molecule has 0 radical (unpaired) electrons. The molecule has 0 aliphatic carbocycles. The molecule has 0 unspecified atom stereocenters. The van der Waals surface area contributed by atoms with E-state index in [0.717, 1.165) is 17.8 Å². The Morgan fingerprint density at radius 2 is 1.24 bits per heavy atom. The van der Waals surface area contributed by atoms with Crippen molar-refractivity contribution >= 4 is 17.9 Å². The Morgan fingerprint density at radius 3 is 1.71 bits per heavy atom. The molecule has 0 amide bonds. The first-order valence-electron chi connectivity index (χ1n) is 10.3. The van der Waals surface area contributed by atoms with Crippen LogP contribution in [-0.4, -0.2) is 84.9 Å². The number of benzene rings is 2. The summed E-state index contributed by atoms with van der Waals surface area (Å²) in [6.45, 7) is 4.22. The van der Waals surface area contributed by atoms with Gasteiger partial charge in [0.25, 0.3) is 0 Å². The summed E-state index contributed by atoms with van der Waals surface area (Å²) in [5.41, 5.74) is 0.577. The molecule has 9 heteroatoms. The number of carbonyl (C=O) groups is 1. The van der Waals surface area contributed by atoms with Gasteiger partial charge in [-0.3, -0.25) is 4.79 Å². The van der Waals surface area contributed by atoms with Gasteiger partial charge in [0.15, 0.2) is 0 Å². The van der Waals surface area contributed by atoms with Crippen LogP contribution < -0.4 is 9.47 Å². The number of halogens is 1. The van der Waals surface area contributed by atoms with E-state index in [1.165, 1.54) is 12.1 Å². The van der Waals surface area contributed by atoms with Crippen molar-refractivity contribution in [3.05, 3.63) is 54.1 Å². The molecule has 1 N–H and O–H groups in total. The summed E-state index contributed by atoms with van der Waals surface area (Å²) in [6, 6.07) is 13.5. The molecule has 0 fully saturated rings. The number of hydrogen-bond acceptors (Lipinski definition) is 8. The number of aldehydes is 1. The van der Waals surface area contributed by atoms with Crippen LogP contribution in [0.4, 0.5) is 0 Å². The number of rotatable bonds is 14. The molecule has 2 rings (SSSR count). The second-order valence-electron chi connectivity index (χ2n) is 6.13. The number of ether oxygens (including phenoxy) is 6. The SMILES string of the molecule is C.COCCOCCCl.COCCOCCOc1ccc(OC)cc1.O=Cc1ccc(O)cc1. The molecule has 34 heavy (non-hydrogen) atoms. The van der Waals surface area contributed by atoms with Gasteiger partial charge in [0, 0.05) is 25.7 Å². The molecule has 0 aliphatic heterocycles. The number of carbonyl (C=O) groups excluding carboxylic acids is 1. The average Bonchev–Trinajstić information content (AvgIpc) is 2.86. The quantitative estimate of drug-likeness (QED) is 0.230. The van der Waals surface area contributed by atoms with Crippen LogP contribution in [0.25, 0.3) is 0 Å². The minimum Gasteiger partial charge on any atom is -0.508 e. The lowest BCUT2D eigenvalue weighted by Crippen LogP contribution is -2.09. The zero-order valence-electron chi connectivity index (χ0n) is 19.5. The molecular weight excluding hydrogens is 464 g/mol. The van der Waals surface area contributed by atoms with E-state index in [2.05, 4.69) is 0 Å². The second kappa shape index (κ2) is 25.3. The van der Waals surface area contributed by atoms with Crippen LogP contribution in [0.15, 0.2) is 48.5 Å². The van der Waals surface area contributed by atoms with Gasteiger partial charge in [-0.1, -0.05) is 7.43 Å². The van der Waals surface area contributed by atoms with E-state index in [4.69, 9.17) is 45.1 Å². The van der Waals surface area contributed by atoms with Crippen molar-refractivity contribution in [2.45, 2.75) is 7.43 Å². The minimum atomic E-state index is 0. The predicted octanol–water partition coefficient (Wildman–Crippen LogP) is 4.47. The Kier molecular flexibility index (Phi) is 25.1. The van der Waals surface area contributed by atoms with E-state index in [-0.39, 0.29) is 13.2 Å². The van der Waals surface area contributed by atoms with Crippen LogP contribution in [0.2, 0.25) is 0 Å². The molecule has 0 heterocycles. The first kappa shape index (κ1) is 33.8. The van der Waals surface area contributed by atoms with Gasteiger partial charge in [-0.2, -0.15) is 0 Å². The zero-order valence-corrected chi connectivity index (χ0v) is 20.3. The third kappa shape index (κ3) is 20.3. The molecule has 8 nitrogen and oxygen atoms in total. The molecule has 194 valence electrons. The smallest absolute Gasteiger partial charge is 0.150 e. The van der Waals surface area contributed by atoms with Gasteiger partial charge in [-0.05, 0) is 48.5 Å². The molecule has 0 saturated carbocycles. The molecule has 0 spiro atoms. The average molecular weight is 503 g/mol. The fourth-order valence-electron chi connectivity index (χ4n) is 1.99. The van der Waals surface area contributed by atoms with Gasteiger partial charge in [0.1, 0.15) is 30.1 Å².